The highest BCUT2D eigenvalue weighted by atomic mass is 79.9. The van der Waals surface area contributed by atoms with Crippen LogP contribution in [0.3, 0.4) is 0 Å². The number of amides is 2. The number of para-hydroxylation sites is 1. The molecule has 0 saturated carbocycles. The smallest absolute Gasteiger partial charge is 0.322 e. The van der Waals surface area contributed by atoms with E-state index in [0.717, 1.165) is 16.6 Å². The highest BCUT2D eigenvalue weighted by Gasteiger charge is 2.26. The number of carbonyl (C=O) groups is 1. The minimum Gasteiger partial charge on any atom is -0.377 e. The van der Waals surface area contributed by atoms with Crippen LogP contribution in [0.25, 0.3) is 0 Å². The zero-order chi connectivity index (χ0) is 13.0. The highest BCUT2D eigenvalue weighted by Crippen LogP contribution is 2.22. The van der Waals surface area contributed by atoms with Crippen molar-refractivity contribution in [2.45, 2.75) is 19.4 Å². The van der Waals surface area contributed by atoms with Gasteiger partial charge in [0.05, 0.1) is 24.9 Å². The molecule has 2 amide bonds. The van der Waals surface area contributed by atoms with Gasteiger partial charge in [0.1, 0.15) is 0 Å². The maximum atomic E-state index is 12.2. The molecule has 1 aromatic carbocycles. The van der Waals surface area contributed by atoms with Crippen LogP contribution in [0.15, 0.2) is 28.7 Å². The first-order valence-corrected chi connectivity index (χ1v) is 6.91. The van der Waals surface area contributed by atoms with Crippen LogP contribution in [-0.4, -0.2) is 36.7 Å². The van der Waals surface area contributed by atoms with Crippen molar-refractivity contribution in [1.29, 1.82) is 0 Å². The third kappa shape index (κ3) is 3.03. The van der Waals surface area contributed by atoms with E-state index in [0.29, 0.717) is 19.8 Å². The second-order valence-corrected chi connectivity index (χ2v) is 5.09. The lowest BCUT2D eigenvalue weighted by atomic mass is 10.2. The van der Waals surface area contributed by atoms with Gasteiger partial charge in [-0.05, 0) is 34.5 Å². The van der Waals surface area contributed by atoms with Crippen LogP contribution in [0.1, 0.15) is 13.3 Å². The molecule has 1 fully saturated rings. The number of rotatable bonds is 2. The Labute approximate surface area is 115 Å². The van der Waals surface area contributed by atoms with Gasteiger partial charge in [-0.1, -0.05) is 19.1 Å². The Balaban J connectivity index is 2.05. The molecule has 1 saturated heterocycles. The summed E-state index contributed by atoms with van der Waals surface area (Å²) < 4.78 is 6.28. The Bertz CT molecular complexity index is 425. The van der Waals surface area contributed by atoms with Gasteiger partial charge in [-0.15, -0.1) is 0 Å². The predicted octanol–water partition coefficient (Wildman–Crippen LogP) is 3.09. The van der Waals surface area contributed by atoms with Gasteiger partial charge in [-0.25, -0.2) is 4.79 Å². The Morgan fingerprint density at radius 3 is 3.06 bits per heavy atom. The Morgan fingerprint density at radius 2 is 2.33 bits per heavy atom. The molecule has 2 rings (SSSR count). The van der Waals surface area contributed by atoms with Gasteiger partial charge < -0.3 is 15.0 Å². The summed E-state index contributed by atoms with van der Waals surface area (Å²) in [6.45, 7) is 3.95. The topological polar surface area (TPSA) is 41.6 Å². The van der Waals surface area contributed by atoms with Crippen molar-refractivity contribution in [2.75, 3.05) is 25.1 Å². The maximum absolute atomic E-state index is 12.2. The van der Waals surface area contributed by atoms with Crippen molar-refractivity contribution >= 4 is 27.6 Å². The molecule has 5 heteroatoms. The Morgan fingerprint density at radius 1 is 1.56 bits per heavy atom. The summed E-state index contributed by atoms with van der Waals surface area (Å²) in [5.74, 6) is 0. The van der Waals surface area contributed by atoms with E-state index in [-0.39, 0.29) is 12.1 Å². The van der Waals surface area contributed by atoms with E-state index in [9.17, 15) is 4.79 Å². The van der Waals surface area contributed by atoms with Crippen LogP contribution >= 0.6 is 15.9 Å². The molecule has 4 nitrogen and oxygen atoms in total. The fourth-order valence-electron chi connectivity index (χ4n) is 2.01. The van der Waals surface area contributed by atoms with E-state index in [1.54, 1.807) is 0 Å². The molecule has 1 aliphatic rings. The number of benzene rings is 1. The van der Waals surface area contributed by atoms with E-state index in [2.05, 4.69) is 28.2 Å². The lowest BCUT2D eigenvalue weighted by molar-refractivity contribution is 0.0144. The van der Waals surface area contributed by atoms with Gasteiger partial charge in [-0.3, -0.25) is 0 Å². The average molecular weight is 313 g/mol. The van der Waals surface area contributed by atoms with Gasteiger partial charge in [-0.2, -0.15) is 0 Å². The second-order valence-electron chi connectivity index (χ2n) is 4.24. The molecule has 1 aliphatic heterocycles. The first-order valence-electron chi connectivity index (χ1n) is 6.12. The first kappa shape index (κ1) is 13.4. The van der Waals surface area contributed by atoms with Crippen LogP contribution in [0.5, 0.6) is 0 Å². The van der Waals surface area contributed by atoms with Crippen molar-refractivity contribution in [1.82, 2.24) is 4.90 Å². The van der Waals surface area contributed by atoms with Crippen molar-refractivity contribution in [3.8, 4) is 0 Å². The third-order valence-corrected chi connectivity index (χ3v) is 3.77. The minimum absolute atomic E-state index is 0.0583. The third-order valence-electron chi connectivity index (χ3n) is 3.08. The number of carbonyl (C=O) groups excluding carboxylic acids is 1. The minimum atomic E-state index is -0.0583. The normalized spacial score (nSPS) is 19.7. The standard InChI is InChI=1S/C13H17BrN2O2/c1-2-10-9-18-8-7-16(10)13(17)15-12-6-4-3-5-11(12)14/h3-6,10H,2,7-9H2,1H3,(H,15,17)/t10-/m0/s1. The summed E-state index contributed by atoms with van der Waals surface area (Å²) in [5.41, 5.74) is 0.795. The molecule has 0 radical (unpaired) electrons. The number of urea groups is 1. The van der Waals surface area contributed by atoms with Gasteiger partial charge in [0, 0.05) is 11.0 Å². The lowest BCUT2D eigenvalue weighted by Gasteiger charge is -2.35. The first-order chi connectivity index (χ1) is 8.72. The number of nitrogens with one attached hydrogen (secondary N) is 1. The van der Waals surface area contributed by atoms with E-state index in [4.69, 9.17) is 4.74 Å². The number of anilines is 1. The van der Waals surface area contributed by atoms with E-state index in [1.165, 1.54) is 0 Å². The number of morpholine rings is 1. The van der Waals surface area contributed by atoms with Gasteiger partial charge in [0.2, 0.25) is 0 Å². The Kier molecular flexibility index (Phi) is 4.60. The van der Waals surface area contributed by atoms with Crippen molar-refractivity contribution < 1.29 is 9.53 Å². The molecular formula is C13H17BrN2O2. The molecule has 0 spiro atoms. The summed E-state index contributed by atoms with van der Waals surface area (Å²) in [5, 5.41) is 2.93. The SMILES string of the molecule is CC[C@H]1COCCN1C(=O)Nc1ccccc1Br. The highest BCUT2D eigenvalue weighted by molar-refractivity contribution is 9.10. The van der Waals surface area contributed by atoms with Crippen molar-refractivity contribution in [3.63, 3.8) is 0 Å². The van der Waals surface area contributed by atoms with Crippen LogP contribution in [-0.2, 0) is 4.74 Å². The van der Waals surface area contributed by atoms with Crippen molar-refractivity contribution in [2.24, 2.45) is 0 Å². The number of halogens is 1. The van der Waals surface area contributed by atoms with Crippen molar-refractivity contribution in [3.05, 3.63) is 28.7 Å². The van der Waals surface area contributed by atoms with E-state index < -0.39 is 0 Å². The predicted molar refractivity (Wildman–Crippen MR) is 74.8 cm³/mol. The molecule has 1 aromatic rings. The summed E-state index contributed by atoms with van der Waals surface area (Å²) in [6, 6.07) is 7.72. The zero-order valence-electron chi connectivity index (χ0n) is 10.4. The summed E-state index contributed by atoms with van der Waals surface area (Å²) in [6.07, 6.45) is 0.906. The van der Waals surface area contributed by atoms with Crippen LogP contribution < -0.4 is 5.32 Å². The fraction of sp³-hybridized carbons (Fsp3) is 0.462. The van der Waals surface area contributed by atoms with E-state index in [1.807, 2.05) is 29.2 Å². The van der Waals surface area contributed by atoms with Gasteiger partial charge in [0.25, 0.3) is 0 Å². The van der Waals surface area contributed by atoms with Crippen LogP contribution in [0, 0.1) is 0 Å². The quantitative estimate of drug-likeness (QED) is 0.911. The molecular weight excluding hydrogens is 296 g/mol. The summed E-state index contributed by atoms with van der Waals surface area (Å²) in [4.78, 5) is 14.1. The largest absolute Gasteiger partial charge is 0.377 e. The number of nitrogens with zero attached hydrogens (tertiary/aromatic N) is 1. The molecule has 18 heavy (non-hydrogen) atoms. The summed E-state index contributed by atoms with van der Waals surface area (Å²) >= 11 is 3.42. The second kappa shape index (κ2) is 6.20. The van der Waals surface area contributed by atoms with Crippen LogP contribution in [0.2, 0.25) is 0 Å². The molecule has 1 heterocycles. The van der Waals surface area contributed by atoms with Crippen LogP contribution in [0.4, 0.5) is 10.5 Å². The molecule has 98 valence electrons. The molecule has 0 unspecified atom stereocenters. The molecule has 0 aromatic heterocycles. The number of ether oxygens (including phenoxy) is 1. The van der Waals surface area contributed by atoms with Gasteiger partial charge in [0.15, 0.2) is 0 Å². The lowest BCUT2D eigenvalue weighted by Crippen LogP contribution is -2.50. The number of hydrogen-bond acceptors (Lipinski definition) is 2. The molecule has 1 N–H and O–H groups in total. The number of hydrogen-bond donors (Lipinski definition) is 1. The Hall–Kier alpha value is -1.07. The van der Waals surface area contributed by atoms with E-state index >= 15 is 0 Å². The maximum Gasteiger partial charge on any atom is 0.322 e. The van der Waals surface area contributed by atoms with Gasteiger partial charge >= 0.3 is 6.03 Å². The monoisotopic (exact) mass is 312 g/mol. The molecule has 0 aliphatic carbocycles. The average Bonchev–Trinajstić information content (AvgIpc) is 2.41. The summed E-state index contributed by atoms with van der Waals surface area (Å²) in [7, 11) is 0. The fourth-order valence-corrected chi connectivity index (χ4v) is 2.39. The molecule has 1 atom stereocenters. The zero-order valence-corrected chi connectivity index (χ0v) is 11.9. The molecule has 0 bridgehead atoms.